The molecule has 0 amide bonds. The third-order valence-electron chi connectivity index (χ3n) is 3.28. The van der Waals surface area contributed by atoms with Gasteiger partial charge in [-0.25, -0.2) is 5.32 Å². The first kappa shape index (κ1) is 9.79. The van der Waals surface area contributed by atoms with E-state index >= 15 is 0 Å². The fourth-order valence-corrected chi connectivity index (χ4v) is 2.45. The van der Waals surface area contributed by atoms with Crippen LogP contribution in [-0.4, -0.2) is 11.5 Å². The molecular weight excluding hydrogens is 196 g/mol. The first-order valence-electron chi connectivity index (χ1n) is 5.95. The van der Waals surface area contributed by atoms with E-state index in [-0.39, 0.29) is 0 Å². The average Bonchev–Trinajstić information content (AvgIpc) is 2.39. The lowest BCUT2D eigenvalue weighted by Gasteiger charge is -2.23. The molecule has 1 radical (unpaired) electrons. The van der Waals surface area contributed by atoms with Gasteiger partial charge in [-0.3, -0.25) is 4.98 Å². The number of piperidine rings is 1. The topological polar surface area (TPSA) is 27.0 Å². The number of fused-ring (bicyclic) bond motifs is 1. The van der Waals surface area contributed by atoms with Crippen molar-refractivity contribution in [3.63, 3.8) is 0 Å². The molecule has 0 bridgehead atoms. The summed E-state index contributed by atoms with van der Waals surface area (Å²) in [7, 11) is 0. The molecule has 2 nitrogen and oxygen atoms in total. The van der Waals surface area contributed by atoms with Gasteiger partial charge in [0.25, 0.3) is 0 Å². The van der Waals surface area contributed by atoms with Crippen molar-refractivity contribution in [2.45, 2.75) is 25.3 Å². The van der Waals surface area contributed by atoms with Crippen LogP contribution in [-0.2, 0) is 0 Å². The number of aromatic nitrogens is 1. The molecule has 1 aromatic carbocycles. The predicted molar refractivity (Wildman–Crippen MR) is 65.3 cm³/mol. The van der Waals surface area contributed by atoms with E-state index in [0.717, 1.165) is 12.1 Å². The van der Waals surface area contributed by atoms with E-state index in [9.17, 15) is 0 Å². The average molecular weight is 211 g/mol. The Bertz CT molecular complexity index is 482. The van der Waals surface area contributed by atoms with Gasteiger partial charge in [-0.05, 0) is 30.5 Å². The third kappa shape index (κ3) is 1.69. The molecule has 0 aliphatic carbocycles. The molecule has 1 fully saturated rings. The summed E-state index contributed by atoms with van der Waals surface area (Å²) in [5.74, 6) is 0. The second-order valence-electron chi connectivity index (χ2n) is 4.34. The Morgan fingerprint density at radius 3 is 2.88 bits per heavy atom. The van der Waals surface area contributed by atoms with Crippen LogP contribution in [0.5, 0.6) is 0 Å². The molecule has 1 atom stereocenters. The van der Waals surface area contributed by atoms with Gasteiger partial charge >= 0.3 is 0 Å². The Labute approximate surface area is 95.7 Å². The fourth-order valence-electron chi connectivity index (χ4n) is 2.45. The van der Waals surface area contributed by atoms with Crippen molar-refractivity contribution in [1.29, 1.82) is 0 Å². The fraction of sp³-hybridized carbons (Fsp3) is 0.357. The number of hydrogen-bond donors (Lipinski definition) is 0. The highest BCUT2D eigenvalue weighted by Gasteiger charge is 2.17. The molecule has 2 heterocycles. The maximum absolute atomic E-state index is 4.72. The predicted octanol–water partition coefficient (Wildman–Crippen LogP) is 3.06. The van der Waals surface area contributed by atoms with Crippen molar-refractivity contribution in [3.05, 3.63) is 42.1 Å². The zero-order valence-corrected chi connectivity index (χ0v) is 9.26. The van der Waals surface area contributed by atoms with E-state index in [4.69, 9.17) is 5.32 Å². The second-order valence-corrected chi connectivity index (χ2v) is 4.34. The zero-order chi connectivity index (χ0) is 10.8. The Balaban J connectivity index is 2.08. The molecule has 0 saturated carbocycles. The van der Waals surface area contributed by atoms with Gasteiger partial charge in [-0.1, -0.05) is 24.6 Å². The van der Waals surface area contributed by atoms with Gasteiger partial charge in [-0.15, -0.1) is 0 Å². The summed E-state index contributed by atoms with van der Waals surface area (Å²) >= 11 is 0. The molecule has 16 heavy (non-hydrogen) atoms. The van der Waals surface area contributed by atoms with Crippen LogP contribution in [0.15, 0.2) is 36.5 Å². The maximum atomic E-state index is 4.72. The summed E-state index contributed by atoms with van der Waals surface area (Å²) < 4.78 is 0. The SMILES string of the molecule is c1ccc2c(C3CCCC[N]3)ccnc2c1. The first-order chi connectivity index (χ1) is 7.95. The summed E-state index contributed by atoms with van der Waals surface area (Å²) in [6.45, 7) is 1.02. The molecule has 2 aromatic rings. The molecule has 1 unspecified atom stereocenters. The Morgan fingerprint density at radius 2 is 2.00 bits per heavy atom. The van der Waals surface area contributed by atoms with Crippen molar-refractivity contribution in [2.75, 3.05) is 6.54 Å². The molecule has 1 aromatic heterocycles. The van der Waals surface area contributed by atoms with Crippen molar-refractivity contribution >= 4 is 10.9 Å². The van der Waals surface area contributed by atoms with Crippen molar-refractivity contribution in [2.24, 2.45) is 0 Å². The molecule has 1 aliphatic rings. The zero-order valence-electron chi connectivity index (χ0n) is 9.26. The minimum Gasteiger partial charge on any atom is -0.256 e. The van der Waals surface area contributed by atoms with Gasteiger partial charge in [0.05, 0.1) is 11.6 Å². The van der Waals surface area contributed by atoms with Gasteiger partial charge in [0.1, 0.15) is 0 Å². The highest BCUT2D eigenvalue weighted by molar-refractivity contribution is 5.82. The Hall–Kier alpha value is -1.41. The molecule has 1 saturated heterocycles. The monoisotopic (exact) mass is 211 g/mol. The largest absolute Gasteiger partial charge is 0.256 e. The number of pyridine rings is 1. The van der Waals surface area contributed by atoms with Crippen molar-refractivity contribution in [3.8, 4) is 0 Å². The van der Waals surface area contributed by atoms with Crippen LogP contribution < -0.4 is 5.32 Å². The van der Waals surface area contributed by atoms with Crippen LogP contribution in [0.1, 0.15) is 30.9 Å². The van der Waals surface area contributed by atoms with E-state index in [1.54, 1.807) is 0 Å². The van der Waals surface area contributed by atoms with E-state index in [1.807, 2.05) is 12.3 Å². The maximum Gasteiger partial charge on any atom is 0.0705 e. The normalized spacial score (nSPS) is 21.1. The lowest BCUT2D eigenvalue weighted by Crippen LogP contribution is -2.20. The molecule has 1 aliphatic heterocycles. The van der Waals surface area contributed by atoms with Crippen LogP contribution in [0.25, 0.3) is 10.9 Å². The van der Waals surface area contributed by atoms with Gasteiger partial charge in [0, 0.05) is 18.1 Å². The third-order valence-corrected chi connectivity index (χ3v) is 3.28. The summed E-state index contributed by atoms with van der Waals surface area (Å²) in [5, 5.41) is 5.99. The van der Waals surface area contributed by atoms with E-state index in [2.05, 4.69) is 29.2 Å². The molecular formula is C14H15N2. The lowest BCUT2D eigenvalue weighted by molar-refractivity contribution is 0.405. The number of rotatable bonds is 1. The minimum absolute atomic E-state index is 0.390. The number of para-hydroxylation sites is 1. The van der Waals surface area contributed by atoms with Crippen LogP contribution in [0.3, 0.4) is 0 Å². The molecule has 3 rings (SSSR count). The first-order valence-corrected chi connectivity index (χ1v) is 5.95. The minimum atomic E-state index is 0.390. The summed E-state index contributed by atoms with van der Waals surface area (Å²) in [6, 6.07) is 10.9. The van der Waals surface area contributed by atoms with Crippen molar-refractivity contribution < 1.29 is 0 Å². The van der Waals surface area contributed by atoms with Crippen LogP contribution in [0, 0.1) is 0 Å². The summed E-state index contributed by atoms with van der Waals surface area (Å²) in [4.78, 5) is 4.40. The van der Waals surface area contributed by atoms with Crippen molar-refractivity contribution in [1.82, 2.24) is 10.3 Å². The number of benzene rings is 1. The van der Waals surface area contributed by atoms with E-state index in [0.29, 0.717) is 6.04 Å². The number of hydrogen-bond acceptors (Lipinski definition) is 1. The summed E-state index contributed by atoms with van der Waals surface area (Å²) in [5.41, 5.74) is 2.44. The van der Waals surface area contributed by atoms with E-state index < -0.39 is 0 Å². The lowest BCUT2D eigenvalue weighted by atomic mass is 9.95. The van der Waals surface area contributed by atoms with Crippen LogP contribution >= 0.6 is 0 Å². The van der Waals surface area contributed by atoms with Gasteiger partial charge in [0.2, 0.25) is 0 Å². The highest BCUT2D eigenvalue weighted by atomic mass is 14.9. The van der Waals surface area contributed by atoms with Crippen LogP contribution in [0.4, 0.5) is 0 Å². The van der Waals surface area contributed by atoms with Crippen LogP contribution in [0.2, 0.25) is 0 Å². The standard InChI is InChI=1S/C14H15N2/c1-2-6-13-11(5-1)12(8-10-16-13)14-7-3-4-9-15-14/h1-2,5-6,8,10,14H,3-4,7,9H2. The van der Waals surface area contributed by atoms with Gasteiger partial charge in [0.15, 0.2) is 0 Å². The van der Waals surface area contributed by atoms with Gasteiger partial charge < -0.3 is 0 Å². The Kier molecular flexibility index (Phi) is 2.58. The van der Waals surface area contributed by atoms with E-state index in [1.165, 1.54) is 30.2 Å². The molecule has 0 N–H and O–H groups in total. The number of nitrogens with zero attached hydrogens (tertiary/aromatic N) is 2. The van der Waals surface area contributed by atoms with Gasteiger partial charge in [-0.2, -0.15) is 0 Å². The molecule has 2 heteroatoms. The quantitative estimate of drug-likeness (QED) is 0.712. The molecule has 81 valence electrons. The highest BCUT2D eigenvalue weighted by Crippen LogP contribution is 2.29. The Morgan fingerprint density at radius 1 is 1.06 bits per heavy atom. The smallest absolute Gasteiger partial charge is 0.0705 e. The molecule has 0 spiro atoms. The second kappa shape index (κ2) is 4.22. The summed E-state index contributed by atoms with van der Waals surface area (Å²) in [6.07, 6.45) is 5.64.